The Kier molecular flexibility index (Phi) is 16.7. The molecule has 0 N–H and O–H groups in total. The molecule has 1 heterocycles. The van der Waals surface area contributed by atoms with Crippen molar-refractivity contribution < 1.29 is 27.2 Å². The predicted octanol–water partition coefficient (Wildman–Crippen LogP) is 8.12. The van der Waals surface area contributed by atoms with E-state index in [0.29, 0.717) is 19.3 Å². The van der Waals surface area contributed by atoms with E-state index in [4.69, 9.17) is 27.2 Å². The van der Waals surface area contributed by atoms with Crippen LogP contribution in [-0.4, -0.2) is 56.3 Å². The first-order chi connectivity index (χ1) is 18.9. The van der Waals surface area contributed by atoms with E-state index in [0.717, 1.165) is 62.7 Å². The highest BCUT2D eigenvalue weighted by Gasteiger charge is 2.36. The van der Waals surface area contributed by atoms with Crippen molar-refractivity contribution in [2.75, 3.05) is 33.0 Å². The van der Waals surface area contributed by atoms with Gasteiger partial charge in [0.15, 0.2) is 0 Å². The monoisotopic (exact) mass is 576 g/mol. The topological polar surface area (TPSA) is 58.7 Å². The van der Waals surface area contributed by atoms with E-state index in [1.54, 1.807) is 0 Å². The fourth-order valence-corrected chi connectivity index (χ4v) is 8.71. The smallest absolute Gasteiger partial charge is 0.457 e. The number of rotatable bonds is 20. The molecule has 1 aliphatic heterocycles. The van der Waals surface area contributed by atoms with Gasteiger partial charge in [-0.3, -0.25) is 0 Å². The minimum Gasteiger partial charge on any atom is -0.512 e. The third-order valence-corrected chi connectivity index (χ3v) is 11.9. The molecule has 1 saturated heterocycles. The first kappa shape index (κ1) is 33.5. The maximum Gasteiger partial charge on any atom is 0.457 e. The summed E-state index contributed by atoms with van der Waals surface area (Å²) in [5.74, 6) is 1.71. The van der Waals surface area contributed by atoms with Crippen molar-refractivity contribution in [1.29, 1.82) is 0 Å². The van der Waals surface area contributed by atoms with Gasteiger partial charge in [0.25, 0.3) is 0 Å². The van der Waals surface area contributed by atoms with Crippen molar-refractivity contribution in [3.05, 3.63) is 60.7 Å². The van der Waals surface area contributed by atoms with E-state index in [1.165, 1.54) is 19.3 Å². The van der Waals surface area contributed by atoms with Crippen LogP contribution in [0, 0.1) is 0 Å². The molecule has 1 aliphatic rings. The van der Waals surface area contributed by atoms with Crippen molar-refractivity contribution in [2.45, 2.75) is 90.6 Å². The normalized spacial score (nSPS) is 14.8. The maximum atomic E-state index is 6.28. The van der Waals surface area contributed by atoms with Gasteiger partial charge in [-0.25, -0.2) is 0 Å². The average Bonchev–Trinajstić information content (AvgIpc) is 3.75. The van der Waals surface area contributed by atoms with Crippen molar-refractivity contribution in [2.24, 2.45) is 0 Å². The largest absolute Gasteiger partial charge is 0.512 e. The van der Waals surface area contributed by atoms with Gasteiger partial charge < -0.3 is 27.2 Å². The molecule has 0 spiro atoms. The summed E-state index contributed by atoms with van der Waals surface area (Å²) in [5.41, 5.74) is 0. The molecule has 0 bridgehead atoms. The van der Waals surface area contributed by atoms with Gasteiger partial charge in [-0.1, -0.05) is 76.4 Å². The van der Waals surface area contributed by atoms with Crippen LogP contribution in [-0.2, 0) is 18.3 Å². The Morgan fingerprint density at radius 2 is 1.18 bits per heavy atom. The predicted molar refractivity (Wildman–Crippen MR) is 164 cm³/mol. The average molecular weight is 577 g/mol. The van der Waals surface area contributed by atoms with Crippen LogP contribution >= 0.6 is 0 Å². The summed E-state index contributed by atoms with van der Waals surface area (Å²) in [6.45, 7) is 14.9. The Bertz CT molecular complexity index is 799. The molecule has 2 aromatic rings. The van der Waals surface area contributed by atoms with Gasteiger partial charge in [0.1, 0.15) is 17.6 Å². The molecule has 2 aromatic carbocycles. The number of epoxide rings is 1. The first-order valence-electron chi connectivity index (χ1n) is 14.9. The SMILES string of the molecule is CCCCO[Si](C)(CCC)OCCCC.C[Si](CCCOCC1CO1)(Oc1ccccc1)Oc1ccccc1. The highest BCUT2D eigenvalue weighted by Crippen LogP contribution is 2.24. The lowest BCUT2D eigenvalue weighted by atomic mass is 10.3. The zero-order valence-electron chi connectivity index (χ0n) is 25.0. The number of hydrogen-bond acceptors (Lipinski definition) is 6. The fraction of sp³-hybridized carbons (Fsp3) is 0.613. The van der Waals surface area contributed by atoms with Crippen molar-refractivity contribution in [3.63, 3.8) is 0 Å². The molecule has 1 atom stereocenters. The number of unbranched alkanes of at least 4 members (excludes halogenated alkanes) is 2. The van der Waals surface area contributed by atoms with E-state index in [1.807, 2.05) is 60.7 Å². The van der Waals surface area contributed by atoms with E-state index < -0.39 is 17.1 Å². The Hall–Kier alpha value is -1.69. The minimum atomic E-state index is -2.40. The summed E-state index contributed by atoms with van der Waals surface area (Å²) >= 11 is 0. The molecule has 0 saturated carbocycles. The molecule has 0 aliphatic carbocycles. The molecular formula is C31H52O6Si2. The first-order valence-corrected chi connectivity index (χ1v) is 19.9. The molecular weight excluding hydrogens is 525 g/mol. The van der Waals surface area contributed by atoms with Crippen molar-refractivity contribution >= 4 is 17.1 Å². The number of ether oxygens (including phenoxy) is 2. The molecule has 0 radical (unpaired) electrons. The summed E-state index contributed by atoms with van der Waals surface area (Å²) in [4.78, 5) is 0. The number of benzene rings is 2. The Labute approximate surface area is 239 Å². The van der Waals surface area contributed by atoms with Crippen LogP contribution in [0.2, 0.25) is 25.2 Å². The molecule has 8 heteroatoms. The second-order valence-corrected chi connectivity index (χ2v) is 16.9. The van der Waals surface area contributed by atoms with Gasteiger partial charge in [0, 0.05) is 32.4 Å². The Morgan fingerprint density at radius 3 is 1.62 bits per heavy atom. The van der Waals surface area contributed by atoms with E-state index >= 15 is 0 Å². The third-order valence-electron chi connectivity index (χ3n) is 6.29. The Balaban J connectivity index is 0.000000309. The quantitative estimate of drug-likeness (QED) is 0.0901. The lowest BCUT2D eigenvalue weighted by Gasteiger charge is -2.28. The second kappa shape index (κ2) is 19.4. The molecule has 6 nitrogen and oxygen atoms in total. The lowest BCUT2D eigenvalue weighted by Crippen LogP contribution is -2.45. The highest BCUT2D eigenvalue weighted by atomic mass is 28.4. The molecule has 3 rings (SSSR count). The third kappa shape index (κ3) is 15.6. The zero-order valence-corrected chi connectivity index (χ0v) is 27.0. The van der Waals surface area contributed by atoms with E-state index in [-0.39, 0.29) is 0 Å². The number of para-hydroxylation sites is 2. The van der Waals surface area contributed by atoms with E-state index in [9.17, 15) is 0 Å². The second-order valence-electron chi connectivity index (χ2n) is 10.4. The molecule has 0 amide bonds. The van der Waals surface area contributed by atoms with Crippen LogP contribution in [0.4, 0.5) is 0 Å². The highest BCUT2D eigenvalue weighted by molar-refractivity contribution is 6.67. The molecule has 1 unspecified atom stereocenters. The Morgan fingerprint density at radius 1 is 0.667 bits per heavy atom. The fourth-order valence-electron chi connectivity index (χ4n) is 3.98. The summed E-state index contributed by atoms with van der Waals surface area (Å²) in [5, 5.41) is 0. The van der Waals surface area contributed by atoms with Crippen LogP contribution in [0.3, 0.4) is 0 Å². The minimum absolute atomic E-state index is 0.315. The molecule has 220 valence electrons. The van der Waals surface area contributed by atoms with Gasteiger partial charge in [-0.15, -0.1) is 0 Å². The van der Waals surface area contributed by atoms with Gasteiger partial charge in [-0.2, -0.15) is 0 Å². The zero-order chi connectivity index (χ0) is 28.2. The van der Waals surface area contributed by atoms with Gasteiger partial charge in [0.05, 0.1) is 13.2 Å². The van der Waals surface area contributed by atoms with E-state index in [2.05, 4.69) is 33.9 Å². The summed E-state index contributed by atoms with van der Waals surface area (Å²) in [7, 11) is -4.23. The van der Waals surface area contributed by atoms with Crippen LogP contribution in [0.1, 0.15) is 59.3 Å². The van der Waals surface area contributed by atoms with Crippen molar-refractivity contribution in [3.8, 4) is 11.5 Å². The molecule has 39 heavy (non-hydrogen) atoms. The van der Waals surface area contributed by atoms with Crippen LogP contribution in [0.5, 0.6) is 11.5 Å². The van der Waals surface area contributed by atoms with Crippen molar-refractivity contribution in [1.82, 2.24) is 0 Å². The van der Waals surface area contributed by atoms with Crippen LogP contribution in [0.25, 0.3) is 0 Å². The van der Waals surface area contributed by atoms with Crippen LogP contribution < -0.4 is 8.85 Å². The maximum absolute atomic E-state index is 6.28. The summed E-state index contributed by atoms with van der Waals surface area (Å²) in [6.07, 6.45) is 7.11. The molecule has 1 fully saturated rings. The summed E-state index contributed by atoms with van der Waals surface area (Å²) < 4.78 is 35.3. The lowest BCUT2D eigenvalue weighted by molar-refractivity contribution is 0.116. The van der Waals surface area contributed by atoms with Crippen LogP contribution in [0.15, 0.2) is 60.7 Å². The standard InChI is InChI=1S/C19H24O4Si.C12H28O2Si/c1-24(22-17-9-4-2-5-10-17,23-18-11-6-3-7-12-18)14-8-13-20-15-19-16-21-19;1-5-8-10-13-15(4,12-7-3)14-11-9-6-2/h2-7,9-12,19H,8,13-16H2,1H3;5-12H2,1-4H3. The number of hydrogen-bond donors (Lipinski definition) is 0. The molecule has 0 aromatic heterocycles. The van der Waals surface area contributed by atoms with Gasteiger partial charge in [0.2, 0.25) is 0 Å². The van der Waals surface area contributed by atoms with Gasteiger partial charge >= 0.3 is 17.1 Å². The summed E-state index contributed by atoms with van der Waals surface area (Å²) in [6, 6.07) is 21.8. The van der Waals surface area contributed by atoms with Gasteiger partial charge in [-0.05, 0) is 56.1 Å².